The fraction of sp³-hybridized carbons (Fsp3) is 0.929. The van der Waals surface area contributed by atoms with Crippen LogP contribution in [0.25, 0.3) is 0 Å². The number of amides is 2. The predicted octanol–water partition coefficient (Wildman–Crippen LogP) is 1.50. The minimum absolute atomic E-state index is 0.0445. The number of hydrogen-bond acceptors (Lipinski definition) is 3. The van der Waals surface area contributed by atoms with Crippen LogP contribution in [-0.2, 0) is 4.74 Å². The van der Waals surface area contributed by atoms with Gasteiger partial charge in [-0.05, 0) is 47.0 Å². The van der Waals surface area contributed by atoms with E-state index in [-0.39, 0.29) is 23.7 Å². The Hall–Kier alpha value is -0.810. The first kappa shape index (κ1) is 14.6. The summed E-state index contributed by atoms with van der Waals surface area (Å²) >= 11 is 0. The molecule has 5 nitrogen and oxygen atoms in total. The van der Waals surface area contributed by atoms with Crippen molar-refractivity contribution < 1.29 is 14.6 Å². The number of nitrogens with one attached hydrogen (secondary N) is 1. The molecule has 1 heterocycles. The van der Waals surface area contributed by atoms with Gasteiger partial charge in [0.1, 0.15) is 0 Å². The van der Waals surface area contributed by atoms with Crippen LogP contribution in [0.2, 0.25) is 0 Å². The first-order chi connectivity index (χ1) is 8.69. The molecule has 2 fully saturated rings. The summed E-state index contributed by atoms with van der Waals surface area (Å²) in [4.78, 5) is 14.2. The molecule has 110 valence electrons. The summed E-state index contributed by atoms with van der Waals surface area (Å²) in [5.41, 5.74) is -1.17. The first-order valence-corrected chi connectivity index (χ1v) is 7.12. The molecule has 1 unspecified atom stereocenters. The Labute approximate surface area is 115 Å². The van der Waals surface area contributed by atoms with Gasteiger partial charge in [0.15, 0.2) is 0 Å². The number of urea groups is 1. The molecule has 0 spiro atoms. The van der Waals surface area contributed by atoms with Gasteiger partial charge in [0.05, 0.1) is 23.8 Å². The molecular formula is C14H26N2O3. The molecule has 0 aromatic carbocycles. The van der Waals surface area contributed by atoms with E-state index >= 15 is 0 Å². The maximum absolute atomic E-state index is 12.4. The summed E-state index contributed by atoms with van der Waals surface area (Å²) in [6, 6.07) is 0.258. The number of hydrogen-bond donors (Lipinski definition) is 2. The van der Waals surface area contributed by atoms with Crippen LogP contribution in [0.15, 0.2) is 0 Å². The third-order valence-electron chi connectivity index (χ3n) is 3.82. The Morgan fingerprint density at radius 1 is 1.42 bits per heavy atom. The van der Waals surface area contributed by atoms with Crippen LogP contribution in [0.4, 0.5) is 4.79 Å². The van der Waals surface area contributed by atoms with Gasteiger partial charge in [0, 0.05) is 12.6 Å². The van der Waals surface area contributed by atoms with E-state index in [0.29, 0.717) is 13.2 Å². The van der Waals surface area contributed by atoms with Gasteiger partial charge in [-0.3, -0.25) is 0 Å². The van der Waals surface area contributed by atoms with E-state index in [1.54, 1.807) is 18.7 Å². The molecule has 2 rings (SSSR count). The van der Waals surface area contributed by atoms with Gasteiger partial charge in [-0.25, -0.2) is 4.79 Å². The van der Waals surface area contributed by atoms with E-state index in [0.717, 1.165) is 19.3 Å². The highest BCUT2D eigenvalue weighted by Crippen LogP contribution is 2.30. The molecule has 1 saturated carbocycles. The second-order valence-corrected chi connectivity index (χ2v) is 6.91. The standard InChI is InChI=1S/C14H26N2O3/c1-13(2,18)9-16(10-5-6-10)12(17)15-11-7-8-19-14(11,3)4/h10-11,18H,5-9H2,1-4H3,(H,15,17). The van der Waals surface area contributed by atoms with Gasteiger partial charge in [-0.15, -0.1) is 0 Å². The van der Waals surface area contributed by atoms with Gasteiger partial charge < -0.3 is 20.1 Å². The smallest absolute Gasteiger partial charge is 0.318 e. The van der Waals surface area contributed by atoms with Crippen LogP contribution in [0.5, 0.6) is 0 Å². The summed E-state index contributed by atoms with van der Waals surface area (Å²) in [6.07, 6.45) is 2.92. The molecule has 0 bridgehead atoms. The van der Waals surface area contributed by atoms with Crippen molar-refractivity contribution in [3.05, 3.63) is 0 Å². The van der Waals surface area contributed by atoms with Gasteiger partial charge in [-0.2, -0.15) is 0 Å². The summed E-state index contributed by atoms with van der Waals surface area (Å²) in [6.45, 7) is 8.53. The van der Waals surface area contributed by atoms with E-state index in [1.807, 2.05) is 13.8 Å². The van der Waals surface area contributed by atoms with Crippen LogP contribution >= 0.6 is 0 Å². The number of carbonyl (C=O) groups is 1. The molecular weight excluding hydrogens is 244 g/mol. The minimum atomic E-state index is -0.860. The zero-order valence-electron chi connectivity index (χ0n) is 12.4. The molecule has 19 heavy (non-hydrogen) atoms. The predicted molar refractivity (Wildman–Crippen MR) is 73.0 cm³/mol. The molecule has 0 aromatic heterocycles. The molecule has 0 aromatic rings. The van der Waals surface area contributed by atoms with Gasteiger partial charge in [-0.1, -0.05) is 0 Å². The molecule has 2 amide bonds. The number of rotatable bonds is 4. The second-order valence-electron chi connectivity index (χ2n) is 6.91. The molecule has 1 aliphatic carbocycles. The van der Waals surface area contributed by atoms with E-state index < -0.39 is 5.60 Å². The van der Waals surface area contributed by atoms with Crippen molar-refractivity contribution in [2.24, 2.45) is 0 Å². The van der Waals surface area contributed by atoms with E-state index in [4.69, 9.17) is 4.74 Å². The van der Waals surface area contributed by atoms with Gasteiger partial charge in [0.25, 0.3) is 0 Å². The lowest BCUT2D eigenvalue weighted by atomic mass is 9.99. The summed E-state index contributed by atoms with van der Waals surface area (Å²) < 4.78 is 5.63. The zero-order valence-corrected chi connectivity index (χ0v) is 12.4. The Morgan fingerprint density at radius 3 is 2.47 bits per heavy atom. The Bertz CT molecular complexity index is 345. The van der Waals surface area contributed by atoms with E-state index in [9.17, 15) is 9.90 Å². The highest BCUT2D eigenvalue weighted by molar-refractivity contribution is 5.75. The Balaban J connectivity index is 1.96. The third-order valence-corrected chi connectivity index (χ3v) is 3.82. The molecule has 1 aliphatic heterocycles. The largest absolute Gasteiger partial charge is 0.389 e. The molecule has 5 heteroatoms. The molecule has 1 saturated heterocycles. The van der Waals surface area contributed by atoms with Crippen LogP contribution in [-0.4, -0.2) is 52.5 Å². The topological polar surface area (TPSA) is 61.8 Å². The maximum atomic E-state index is 12.4. The molecule has 1 atom stereocenters. The highest BCUT2D eigenvalue weighted by atomic mass is 16.5. The first-order valence-electron chi connectivity index (χ1n) is 7.12. The van der Waals surface area contributed by atoms with Crippen LogP contribution in [0.3, 0.4) is 0 Å². The lowest BCUT2D eigenvalue weighted by molar-refractivity contribution is 0.0196. The lowest BCUT2D eigenvalue weighted by Crippen LogP contribution is -2.54. The maximum Gasteiger partial charge on any atom is 0.318 e. The average Bonchev–Trinajstić information content (AvgIpc) is 3.02. The monoisotopic (exact) mass is 270 g/mol. The number of aliphatic hydroxyl groups is 1. The SMILES string of the molecule is CC(C)(O)CN(C(=O)NC1CCOC1(C)C)C1CC1. The van der Waals surface area contributed by atoms with Crippen molar-refractivity contribution in [2.75, 3.05) is 13.2 Å². The second kappa shape index (κ2) is 4.94. The highest BCUT2D eigenvalue weighted by Gasteiger charge is 2.40. The van der Waals surface area contributed by atoms with Crippen molar-refractivity contribution in [1.82, 2.24) is 10.2 Å². The van der Waals surface area contributed by atoms with Crippen molar-refractivity contribution >= 4 is 6.03 Å². The van der Waals surface area contributed by atoms with Crippen LogP contribution in [0, 0.1) is 0 Å². The van der Waals surface area contributed by atoms with Crippen molar-refractivity contribution in [2.45, 2.75) is 70.2 Å². The van der Waals surface area contributed by atoms with Gasteiger partial charge >= 0.3 is 6.03 Å². The van der Waals surface area contributed by atoms with Gasteiger partial charge in [0.2, 0.25) is 0 Å². The number of ether oxygens (including phenoxy) is 1. The zero-order chi connectivity index (χ0) is 14.3. The summed E-state index contributed by atoms with van der Waals surface area (Å²) in [5, 5.41) is 13.0. The number of nitrogens with zero attached hydrogens (tertiary/aromatic N) is 1. The third kappa shape index (κ3) is 3.83. The minimum Gasteiger partial charge on any atom is -0.389 e. The molecule has 2 aliphatic rings. The van der Waals surface area contributed by atoms with Crippen molar-refractivity contribution in [3.8, 4) is 0 Å². The summed E-state index contributed by atoms with van der Waals surface area (Å²) in [7, 11) is 0. The van der Waals surface area contributed by atoms with Crippen LogP contribution < -0.4 is 5.32 Å². The summed E-state index contributed by atoms with van der Waals surface area (Å²) in [5.74, 6) is 0. The van der Waals surface area contributed by atoms with Crippen molar-refractivity contribution in [1.29, 1.82) is 0 Å². The van der Waals surface area contributed by atoms with E-state index in [1.165, 1.54) is 0 Å². The average molecular weight is 270 g/mol. The van der Waals surface area contributed by atoms with Crippen molar-refractivity contribution in [3.63, 3.8) is 0 Å². The normalized spacial score (nSPS) is 26.3. The van der Waals surface area contributed by atoms with Crippen LogP contribution in [0.1, 0.15) is 47.0 Å². The molecule has 2 N–H and O–H groups in total. The number of carbonyl (C=O) groups excluding carboxylic acids is 1. The lowest BCUT2D eigenvalue weighted by Gasteiger charge is -2.33. The molecule has 0 radical (unpaired) electrons. The quantitative estimate of drug-likeness (QED) is 0.814. The fourth-order valence-electron chi connectivity index (χ4n) is 2.54. The van der Waals surface area contributed by atoms with E-state index in [2.05, 4.69) is 5.32 Å². The Kier molecular flexibility index (Phi) is 3.80. The fourth-order valence-corrected chi connectivity index (χ4v) is 2.54. The Morgan fingerprint density at radius 2 is 2.05 bits per heavy atom.